The van der Waals surface area contributed by atoms with Crippen LogP contribution < -0.4 is 0 Å². The van der Waals surface area contributed by atoms with Crippen molar-refractivity contribution in [1.82, 2.24) is 0 Å². The van der Waals surface area contributed by atoms with E-state index in [0.717, 1.165) is 12.8 Å². The molecular formula is C34H62. The summed E-state index contributed by atoms with van der Waals surface area (Å²) >= 11 is 0. The zero-order valence-electron chi connectivity index (χ0n) is 24.1. The zero-order valence-corrected chi connectivity index (χ0v) is 24.1. The third-order valence-corrected chi connectivity index (χ3v) is 7.11. The normalized spacial score (nSPS) is 12.5. The van der Waals surface area contributed by atoms with Crippen LogP contribution in [0.15, 0.2) is 0 Å². The van der Waals surface area contributed by atoms with Crippen LogP contribution >= 0.6 is 0 Å². The molecule has 0 saturated heterocycles. The van der Waals surface area contributed by atoms with Crippen molar-refractivity contribution in [3.05, 3.63) is 0 Å². The molecule has 0 aromatic rings. The molecule has 0 spiro atoms. The van der Waals surface area contributed by atoms with E-state index in [0.29, 0.717) is 11.8 Å². The van der Waals surface area contributed by atoms with Crippen LogP contribution in [0.2, 0.25) is 0 Å². The van der Waals surface area contributed by atoms with Gasteiger partial charge in [0, 0.05) is 24.7 Å². The molecule has 2 atom stereocenters. The molecule has 0 rings (SSSR count). The molecule has 0 saturated carbocycles. The number of rotatable bonds is 23. The van der Waals surface area contributed by atoms with Crippen molar-refractivity contribution in [1.29, 1.82) is 0 Å². The summed E-state index contributed by atoms with van der Waals surface area (Å²) < 4.78 is 0. The highest BCUT2D eigenvalue weighted by Crippen LogP contribution is 2.25. The predicted molar refractivity (Wildman–Crippen MR) is 156 cm³/mol. The van der Waals surface area contributed by atoms with E-state index in [-0.39, 0.29) is 0 Å². The van der Waals surface area contributed by atoms with Gasteiger partial charge >= 0.3 is 0 Å². The molecule has 198 valence electrons. The molecule has 0 fully saturated rings. The quantitative estimate of drug-likeness (QED) is 0.103. The molecule has 0 aromatic heterocycles. The number of hydrogen-bond acceptors (Lipinski definition) is 0. The average molecular weight is 471 g/mol. The average Bonchev–Trinajstić information content (AvgIpc) is 2.85. The molecule has 0 aromatic carbocycles. The van der Waals surface area contributed by atoms with Crippen molar-refractivity contribution in [3.8, 4) is 23.7 Å². The third-order valence-electron chi connectivity index (χ3n) is 7.11. The monoisotopic (exact) mass is 470 g/mol. The lowest BCUT2D eigenvalue weighted by Gasteiger charge is -2.19. The summed E-state index contributed by atoms with van der Waals surface area (Å²) in [6, 6.07) is 0. The number of unbranched alkanes of at least 4 members (excludes halogenated alkanes) is 18. The Morgan fingerprint density at radius 3 is 1.00 bits per heavy atom. The molecule has 0 heteroatoms. The van der Waals surface area contributed by atoms with Crippen LogP contribution in [0.4, 0.5) is 0 Å². The molecule has 0 radical (unpaired) electrons. The Labute approximate surface area is 217 Å². The maximum absolute atomic E-state index is 3.76. The highest BCUT2D eigenvalue weighted by Gasteiger charge is 2.17. The highest BCUT2D eigenvalue weighted by molar-refractivity contribution is 5.14. The summed E-state index contributed by atoms with van der Waals surface area (Å²) in [6.45, 7) is 9.17. The lowest BCUT2D eigenvalue weighted by atomic mass is 9.84. The van der Waals surface area contributed by atoms with Crippen LogP contribution in [0.25, 0.3) is 0 Å². The minimum atomic E-state index is 0.496. The topological polar surface area (TPSA) is 0 Å². The second-order valence-corrected chi connectivity index (χ2v) is 10.6. The Balaban J connectivity index is 4.89. The molecule has 2 unspecified atom stereocenters. The summed E-state index contributed by atoms with van der Waals surface area (Å²) in [5.41, 5.74) is 0. The fourth-order valence-corrected chi connectivity index (χ4v) is 4.72. The minimum Gasteiger partial charge on any atom is -0.103 e. The Morgan fingerprint density at radius 2 is 0.647 bits per heavy atom. The van der Waals surface area contributed by atoms with Crippen molar-refractivity contribution in [2.75, 3.05) is 0 Å². The van der Waals surface area contributed by atoms with Gasteiger partial charge in [-0.1, -0.05) is 155 Å². The molecule has 0 aliphatic rings. The largest absolute Gasteiger partial charge is 0.103 e. The van der Waals surface area contributed by atoms with Crippen LogP contribution in [0.5, 0.6) is 0 Å². The van der Waals surface area contributed by atoms with Gasteiger partial charge in [-0.25, -0.2) is 0 Å². The van der Waals surface area contributed by atoms with Crippen molar-refractivity contribution < 1.29 is 0 Å². The molecule has 0 N–H and O–H groups in total. The van der Waals surface area contributed by atoms with Gasteiger partial charge in [0.1, 0.15) is 0 Å². The van der Waals surface area contributed by atoms with E-state index in [2.05, 4.69) is 51.4 Å². The van der Waals surface area contributed by atoms with E-state index in [9.17, 15) is 0 Å². The zero-order chi connectivity index (χ0) is 25.0. The van der Waals surface area contributed by atoms with Crippen LogP contribution in [-0.4, -0.2) is 0 Å². The van der Waals surface area contributed by atoms with Crippen molar-refractivity contribution in [2.45, 2.75) is 182 Å². The Morgan fingerprint density at radius 1 is 0.353 bits per heavy atom. The van der Waals surface area contributed by atoms with Gasteiger partial charge in [-0.15, -0.1) is 11.8 Å². The molecular weight excluding hydrogens is 408 g/mol. The first-order chi connectivity index (χ1) is 16.8. The molecule has 34 heavy (non-hydrogen) atoms. The van der Waals surface area contributed by atoms with E-state index < -0.39 is 0 Å². The standard InChI is InChI=1S/C34H62/c1-5-9-13-17-19-23-27-31-33(29-25-21-15-11-7-3)34(30-26-22-16-12-8-4)32-28-24-20-18-14-10-6-2/h33-34H,5-24,27-28,31-32H2,1-4H3. The molecule has 0 amide bonds. The summed E-state index contributed by atoms with van der Waals surface area (Å²) in [7, 11) is 0. The van der Waals surface area contributed by atoms with Gasteiger partial charge < -0.3 is 0 Å². The van der Waals surface area contributed by atoms with Crippen molar-refractivity contribution in [2.24, 2.45) is 11.8 Å². The Kier molecular flexibility index (Phi) is 27.6. The summed E-state index contributed by atoms with van der Waals surface area (Å²) in [5.74, 6) is 15.7. The van der Waals surface area contributed by atoms with Gasteiger partial charge in [0.05, 0.1) is 0 Å². The molecule has 0 bridgehead atoms. The van der Waals surface area contributed by atoms with Crippen LogP contribution in [0.3, 0.4) is 0 Å². The predicted octanol–water partition coefficient (Wildman–Crippen LogP) is 11.7. The van der Waals surface area contributed by atoms with Gasteiger partial charge in [0.25, 0.3) is 0 Å². The molecule has 0 nitrogen and oxygen atoms in total. The van der Waals surface area contributed by atoms with Crippen LogP contribution in [0, 0.1) is 35.5 Å². The lowest BCUT2D eigenvalue weighted by molar-refractivity contribution is 0.406. The van der Waals surface area contributed by atoms with E-state index >= 15 is 0 Å². The van der Waals surface area contributed by atoms with E-state index in [1.807, 2.05) is 0 Å². The second-order valence-electron chi connectivity index (χ2n) is 10.6. The summed E-state index contributed by atoms with van der Waals surface area (Å²) in [4.78, 5) is 0. The van der Waals surface area contributed by atoms with Gasteiger partial charge in [0.2, 0.25) is 0 Å². The van der Waals surface area contributed by atoms with E-state index in [1.165, 1.54) is 141 Å². The maximum Gasteiger partial charge on any atom is 0.0340 e. The van der Waals surface area contributed by atoms with E-state index in [1.54, 1.807) is 0 Å². The SMILES string of the molecule is CCCCCC#CC(CCCCCCCCC)C(C#CCCCCC)CCCCCCCCC. The van der Waals surface area contributed by atoms with E-state index in [4.69, 9.17) is 0 Å². The number of hydrogen-bond donors (Lipinski definition) is 0. The highest BCUT2D eigenvalue weighted by atomic mass is 14.2. The van der Waals surface area contributed by atoms with Gasteiger partial charge in [-0.05, 0) is 25.7 Å². The smallest absolute Gasteiger partial charge is 0.0340 e. The van der Waals surface area contributed by atoms with Gasteiger partial charge in [-0.2, -0.15) is 0 Å². The lowest BCUT2D eigenvalue weighted by Crippen LogP contribution is -2.12. The minimum absolute atomic E-state index is 0.496. The molecule has 0 heterocycles. The summed E-state index contributed by atoms with van der Waals surface area (Å²) in [5, 5.41) is 0. The van der Waals surface area contributed by atoms with Crippen LogP contribution in [0.1, 0.15) is 182 Å². The molecule has 0 aliphatic carbocycles. The first-order valence-corrected chi connectivity index (χ1v) is 15.8. The maximum atomic E-state index is 3.76. The third kappa shape index (κ3) is 22.9. The van der Waals surface area contributed by atoms with Crippen molar-refractivity contribution in [3.63, 3.8) is 0 Å². The van der Waals surface area contributed by atoms with Gasteiger partial charge in [-0.3, -0.25) is 0 Å². The fourth-order valence-electron chi connectivity index (χ4n) is 4.72. The van der Waals surface area contributed by atoms with Crippen LogP contribution in [-0.2, 0) is 0 Å². The first kappa shape index (κ1) is 33.1. The molecule has 0 aliphatic heterocycles. The van der Waals surface area contributed by atoms with Gasteiger partial charge in [0.15, 0.2) is 0 Å². The summed E-state index contributed by atoms with van der Waals surface area (Å²) in [6.07, 6.45) is 31.8. The Bertz CT molecular complexity index is 460. The fraction of sp³-hybridized carbons (Fsp3) is 0.882. The Hall–Kier alpha value is -0.880. The van der Waals surface area contributed by atoms with Crippen molar-refractivity contribution >= 4 is 0 Å². The first-order valence-electron chi connectivity index (χ1n) is 15.8. The second kappa shape index (κ2) is 28.4.